The number of alkyl carbamates (subject to hydrolysis) is 2. The summed E-state index contributed by atoms with van der Waals surface area (Å²) in [6.45, 7) is 2.04. The van der Waals surface area contributed by atoms with Gasteiger partial charge in [-0.1, -0.05) is 30.3 Å². The third-order valence-corrected chi connectivity index (χ3v) is 11.8. The third-order valence-electron chi connectivity index (χ3n) is 11.8. The highest BCUT2D eigenvalue weighted by Gasteiger charge is 2.50. The van der Waals surface area contributed by atoms with Crippen molar-refractivity contribution in [3.8, 4) is 39.4 Å². The van der Waals surface area contributed by atoms with Crippen LogP contribution in [0.5, 0.6) is 5.75 Å². The van der Waals surface area contributed by atoms with E-state index in [1.165, 1.54) is 14.2 Å². The topological polar surface area (TPSA) is 193 Å². The van der Waals surface area contributed by atoms with Gasteiger partial charge in [-0.05, 0) is 86.6 Å². The third kappa shape index (κ3) is 7.84. The Morgan fingerprint density at radius 1 is 0.793 bits per heavy atom. The Morgan fingerprint density at radius 2 is 1.47 bits per heavy atom. The lowest BCUT2D eigenvalue weighted by Gasteiger charge is -2.43. The molecule has 58 heavy (non-hydrogen) atoms. The Bertz CT molecular complexity index is 2130. The van der Waals surface area contributed by atoms with E-state index in [0.29, 0.717) is 63.6 Å². The van der Waals surface area contributed by atoms with Gasteiger partial charge in [-0.15, -0.1) is 0 Å². The van der Waals surface area contributed by atoms with E-state index in [1.54, 1.807) is 11.1 Å². The number of H-pyrrole nitrogens is 2. The molecule has 16 heteroatoms. The number of rotatable bonds is 6. The largest absolute Gasteiger partial charge is 0.493 e. The minimum absolute atomic E-state index is 0.0340. The van der Waals surface area contributed by atoms with Crippen LogP contribution in [0.1, 0.15) is 81.5 Å². The van der Waals surface area contributed by atoms with E-state index in [0.717, 1.165) is 71.6 Å². The molecular weight excluding hydrogens is 745 g/mol. The van der Waals surface area contributed by atoms with Gasteiger partial charge in [0.05, 0.1) is 63.3 Å². The fourth-order valence-corrected chi connectivity index (χ4v) is 8.50. The van der Waals surface area contributed by atoms with Gasteiger partial charge >= 0.3 is 12.2 Å². The Kier molecular flexibility index (Phi) is 11.4. The summed E-state index contributed by atoms with van der Waals surface area (Å²) in [5.74, 6) is 1.80. The average molecular weight is 795 g/mol. The van der Waals surface area contributed by atoms with Gasteiger partial charge in [0.25, 0.3) is 0 Å². The number of likely N-dealkylation sites (tertiary alicyclic amines) is 1. The molecular formula is C42H50N8O8. The molecule has 4 aromatic rings. The molecule has 1 saturated carbocycles. The van der Waals surface area contributed by atoms with Crippen LogP contribution in [-0.2, 0) is 23.8 Å². The van der Waals surface area contributed by atoms with Crippen LogP contribution in [-0.4, -0.2) is 112 Å². The van der Waals surface area contributed by atoms with Gasteiger partial charge in [0, 0.05) is 25.3 Å². The van der Waals surface area contributed by atoms with E-state index in [4.69, 9.17) is 28.9 Å². The van der Waals surface area contributed by atoms with Crippen molar-refractivity contribution in [1.29, 1.82) is 0 Å². The van der Waals surface area contributed by atoms with Gasteiger partial charge in [0.2, 0.25) is 11.8 Å². The zero-order valence-electron chi connectivity index (χ0n) is 32.9. The highest BCUT2D eigenvalue weighted by Crippen LogP contribution is 2.41. The molecule has 2 saturated heterocycles. The van der Waals surface area contributed by atoms with Crippen molar-refractivity contribution in [1.82, 2.24) is 40.4 Å². The van der Waals surface area contributed by atoms with Crippen molar-refractivity contribution in [3.05, 3.63) is 66.5 Å². The first-order valence-electron chi connectivity index (χ1n) is 20.1. The average Bonchev–Trinajstić information content (AvgIpc) is 4.07. The van der Waals surface area contributed by atoms with Gasteiger partial charge in [-0.2, -0.15) is 0 Å². The maximum Gasteiger partial charge on any atom is 0.407 e. The fraction of sp³-hybridized carbons (Fsp3) is 0.476. The number of hydrogen-bond acceptors (Lipinski definition) is 10. The predicted octanol–water partition coefficient (Wildman–Crippen LogP) is 5.65. The molecule has 4 N–H and O–H groups in total. The molecule has 3 atom stereocenters. The van der Waals surface area contributed by atoms with Gasteiger partial charge in [-0.3, -0.25) is 9.59 Å². The molecule has 0 unspecified atom stereocenters. The number of imidazole rings is 2. The van der Waals surface area contributed by atoms with Crippen LogP contribution in [0.3, 0.4) is 0 Å². The monoisotopic (exact) mass is 794 g/mol. The van der Waals surface area contributed by atoms with Crippen LogP contribution >= 0.6 is 0 Å². The summed E-state index contributed by atoms with van der Waals surface area (Å²) < 4.78 is 21.9. The first kappa shape index (κ1) is 38.9. The van der Waals surface area contributed by atoms with E-state index in [1.807, 2.05) is 35.4 Å². The lowest BCUT2D eigenvalue weighted by Crippen LogP contribution is -2.63. The molecule has 16 nitrogen and oxygen atoms in total. The Hall–Kier alpha value is -5.90. The standard InChI is InChI=1S/C42H50N8O8/c1-55-40(53)47-32-25-57-20-3-4-21-58-35-22-28(14-15-29(35)31-24-44-36(46-31)33-8-5-18-49(33)38(32)51)26-10-12-27(13-11-26)30-23-43-37(45-30)34-9-6-19-50(34)39(52)42(16-7-17-42)48-41(54)56-2/h10-15,22-24,32-34H,3-9,16-21,25H2,1-2H3,(H,43,45)(H,44,46)(H,47,53)(H,48,54)/t32-,33-,34-/m0/s1. The number of nitrogens with zero attached hydrogens (tertiary/aromatic N) is 4. The van der Waals surface area contributed by atoms with Crippen molar-refractivity contribution in [3.63, 3.8) is 0 Å². The summed E-state index contributed by atoms with van der Waals surface area (Å²) in [5.41, 5.74) is 4.53. The lowest BCUT2D eigenvalue weighted by molar-refractivity contribution is -0.143. The number of carbonyl (C=O) groups excluding carboxylic acids is 4. The summed E-state index contributed by atoms with van der Waals surface area (Å²) in [7, 11) is 2.58. The van der Waals surface area contributed by atoms with Crippen molar-refractivity contribution >= 4 is 24.0 Å². The Balaban J connectivity index is 0.997. The SMILES string of the molecule is COC(=O)N[C@H]1COCCCCOc2cc(-c3ccc(-c4cnc([C@@H]5CCCN5C(=O)C5(NC(=O)OC)CCC5)[nH]4)cc3)ccc2-c2cnc([nH]2)[C@@H]2CCCN2C1=O. The van der Waals surface area contributed by atoms with Crippen LogP contribution in [0.2, 0.25) is 0 Å². The lowest BCUT2D eigenvalue weighted by atomic mass is 9.75. The van der Waals surface area contributed by atoms with Crippen molar-refractivity contribution in [2.75, 3.05) is 47.1 Å². The van der Waals surface area contributed by atoms with Crippen molar-refractivity contribution in [2.24, 2.45) is 0 Å². The normalized spacial score (nSPS) is 21.9. The van der Waals surface area contributed by atoms with E-state index < -0.39 is 23.8 Å². The quantitative estimate of drug-likeness (QED) is 0.190. The van der Waals surface area contributed by atoms with Crippen LogP contribution in [0, 0.1) is 0 Å². The molecule has 1 aliphatic carbocycles. The van der Waals surface area contributed by atoms with Gasteiger partial charge in [0.15, 0.2) is 0 Å². The molecule has 0 radical (unpaired) electrons. The highest BCUT2D eigenvalue weighted by atomic mass is 16.5. The molecule has 2 bridgehead atoms. The molecule has 8 rings (SSSR count). The number of benzene rings is 2. The number of fused-ring (bicyclic) bond motifs is 6. The molecule has 4 amide bonds. The maximum atomic E-state index is 13.8. The van der Waals surface area contributed by atoms with Crippen LogP contribution in [0.25, 0.3) is 33.6 Å². The molecule has 3 aliphatic heterocycles. The summed E-state index contributed by atoms with van der Waals surface area (Å²) in [5, 5.41) is 5.46. The number of ether oxygens (including phenoxy) is 4. The zero-order chi connectivity index (χ0) is 40.2. The predicted molar refractivity (Wildman–Crippen MR) is 211 cm³/mol. The number of aromatic amines is 2. The van der Waals surface area contributed by atoms with Gasteiger partial charge in [0.1, 0.15) is 29.0 Å². The van der Waals surface area contributed by atoms with Crippen LogP contribution in [0.4, 0.5) is 9.59 Å². The number of carbonyl (C=O) groups is 4. The summed E-state index contributed by atoms with van der Waals surface area (Å²) in [6, 6.07) is 13.0. The Morgan fingerprint density at radius 3 is 2.22 bits per heavy atom. The highest BCUT2D eigenvalue weighted by molar-refractivity contribution is 5.91. The molecule has 3 fully saturated rings. The van der Waals surface area contributed by atoms with Crippen LogP contribution < -0.4 is 15.4 Å². The smallest absolute Gasteiger partial charge is 0.407 e. The molecule has 5 heterocycles. The van der Waals surface area contributed by atoms with Crippen molar-refractivity contribution < 1.29 is 38.1 Å². The molecule has 2 aromatic heterocycles. The number of methoxy groups -OCH3 is 2. The first-order valence-corrected chi connectivity index (χ1v) is 20.1. The molecule has 0 spiro atoms. The first-order chi connectivity index (χ1) is 28.3. The number of amides is 4. The van der Waals surface area contributed by atoms with Gasteiger partial charge < -0.3 is 49.3 Å². The van der Waals surface area contributed by atoms with E-state index in [9.17, 15) is 19.2 Å². The maximum absolute atomic E-state index is 13.8. The molecule has 2 aromatic carbocycles. The second-order valence-corrected chi connectivity index (χ2v) is 15.4. The number of nitrogens with one attached hydrogen (secondary N) is 4. The fourth-order valence-electron chi connectivity index (χ4n) is 8.50. The number of hydrogen-bond donors (Lipinski definition) is 4. The minimum atomic E-state index is -0.914. The summed E-state index contributed by atoms with van der Waals surface area (Å²) >= 11 is 0. The summed E-state index contributed by atoms with van der Waals surface area (Å²) in [6.07, 6.45) is 8.98. The van der Waals surface area contributed by atoms with Gasteiger partial charge in [-0.25, -0.2) is 19.6 Å². The van der Waals surface area contributed by atoms with E-state index in [2.05, 4.69) is 38.8 Å². The van der Waals surface area contributed by atoms with Crippen molar-refractivity contribution in [2.45, 2.75) is 81.5 Å². The molecule has 4 aliphatic rings. The second kappa shape index (κ2) is 16.9. The number of aromatic nitrogens is 4. The van der Waals surface area contributed by atoms with E-state index >= 15 is 0 Å². The summed E-state index contributed by atoms with van der Waals surface area (Å²) in [4.78, 5) is 71.6. The minimum Gasteiger partial charge on any atom is -0.493 e. The van der Waals surface area contributed by atoms with Crippen LogP contribution in [0.15, 0.2) is 54.9 Å². The zero-order valence-corrected chi connectivity index (χ0v) is 32.9. The molecule has 306 valence electrons. The Labute approximate surface area is 336 Å². The second-order valence-electron chi connectivity index (χ2n) is 15.4. The van der Waals surface area contributed by atoms with E-state index in [-0.39, 0.29) is 30.5 Å².